The number of ether oxygens (including phenoxy) is 1. The van der Waals surface area contributed by atoms with Gasteiger partial charge in [0.25, 0.3) is 0 Å². The predicted molar refractivity (Wildman–Crippen MR) is 185 cm³/mol. The van der Waals surface area contributed by atoms with Crippen LogP contribution in [0.5, 0.6) is 0 Å². The largest absolute Gasteiger partial charge is 0.450 e. The molecule has 10 heteroatoms. The molecule has 6 rings (SSSR count). The summed E-state index contributed by atoms with van der Waals surface area (Å²) in [5.74, 6) is -2.85. The molecule has 1 heterocycles. The minimum atomic E-state index is -2.12. The number of carbonyl (C=O) groups is 2. The Kier molecular flexibility index (Phi) is 10.1. The van der Waals surface area contributed by atoms with Gasteiger partial charge in [0.05, 0.1) is 23.2 Å². The van der Waals surface area contributed by atoms with Crippen LogP contribution in [0.2, 0.25) is 0 Å². The number of hydrogen-bond donors (Lipinski definition) is 7. The summed E-state index contributed by atoms with van der Waals surface area (Å²) >= 11 is 0. The van der Waals surface area contributed by atoms with E-state index in [-0.39, 0.29) is 42.9 Å². The number of allylic oxidation sites excluding steroid dienone is 1. The third kappa shape index (κ3) is 5.28. The Bertz CT molecular complexity index is 1340. The molecule has 13 atom stereocenters. The summed E-state index contributed by atoms with van der Waals surface area (Å²) in [5.41, 5.74) is -6.42. The number of carbonyl (C=O) groups excluding carboxylic acids is 2. The first-order chi connectivity index (χ1) is 23.2. The molecule has 4 fully saturated rings. The zero-order valence-corrected chi connectivity index (χ0v) is 30.3. The molecule has 4 saturated carbocycles. The third-order valence-electron chi connectivity index (χ3n) is 14.5. The van der Waals surface area contributed by atoms with Crippen molar-refractivity contribution in [1.82, 2.24) is 10.6 Å². The maximum Gasteiger partial charge on any atom is 0.331 e. The summed E-state index contributed by atoms with van der Waals surface area (Å²) in [6, 6.07) is 0. The molecule has 0 amide bonds. The highest BCUT2D eigenvalue weighted by atomic mass is 16.5. The Morgan fingerprint density at radius 2 is 1.84 bits per heavy atom. The van der Waals surface area contributed by atoms with E-state index in [1.54, 1.807) is 6.08 Å². The van der Waals surface area contributed by atoms with E-state index in [1.165, 1.54) is 0 Å². The lowest BCUT2D eigenvalue weighted by Crippen LogP contribution is -2.84. The van der Waals surface area contributed by atoms with Crippen molar-refractivity contribution < 1.29 is 39.9 Å². The van der Waals surface area contributed by atoms with Gasteiger partial charge < -0.3 is 45.7 Å². The Labute approximate surface area is 292 Å². The summed E-state index contributed by atoms with van der Waals surface area (Å²) in [6.07, 6.45) is 7.19. The zero-order valence-electron chi connectivity index (χ0n) is 30.3. The van der Waals surface area contributed by atoms with E-state index in [2.05, 4.69) is 37.5 Å². The molecular weight excluding hydrogens is 624 g/mol. The molecule has 0 bridgehead atoms. The van der Waals surface area contributed by atoms with E-state index >= 15 is 0 Å². The van der Waals surface area contributed by atoms with Gasteiger partial charge in [0.1, 0.15) is 23.6 Å². The summed E-state index contributed by atoms with van der Waals surface area (Å²) in [6.45, 7) is 10.2. The highest BCUT2D eigenvalue weighted by Crippen LogP contribution is 2.75. The summed E-state index contributed by atoms with van der Waals surface area (Å²) in [5, 5.41) is 70.3. The first-order valence-corrected chi connectivity index (χ1v) is 19.2. The van der Waals surface area contributed by atoms with Crippen LogP contribution in [0.3, 0.4) is 0 Å². The van der Waals surface area contributed by atoms with Crippen LogP contribution in [0.15, 0.2) is 23.3 Å². The number of esters is 1. The molecule has 0 aromatic heterocycles. The molecule has 6 aliphatic rings. The van der Waals surface area contributed by atoms with Crippen LogP contribution in [0.1, 0.15) is 98.3 Å². The second-order valence-electron chi connectivity index (χ2n) is 17.4. The highest BCUT2D eigenvalue weighted by molar-refractivity contribution is 5.87. The van der Waals surface area contributed by atoms with E-state index in [0.717, 1.165) is 49.8 Å². The minimum Gasteiger partial charge on any atom is -0.450 e. The first kappa shape index (κ1) is 37.1. The number of likely N-dealkylation sites (N-methyl/N-ethyl adjacent to an activating group) is 1. The van der Waals surface area contributed by atoms with Crippen LogP contribution in [-0.4, -0.2) is 99.6 Å². The van der Waals surface area contributed by atoms with Crippen molar-refractivity contribution in [3.05, 3.63) is 23.3 Å². The standard InChI is InChI=1S/C39H62N2O8/c1-6-7-8-9-24-18-36(22-42)30-12-13-35(4)32-25(16-26(21-41-15-14-40-5)33-27(32)17-31(44)49-33)19-38(35,47)39(30,48)34(45)28(11-10-23(2)3)37(36,46)20-29(24)43/h16-17,22-25,28-30,32-34,40-41,43,45-48H,6-15,18-21H2,1-5H3/t24-,25-,28+,29-,30-,32-,33-,34+,35-,36+,37-,38-,39-/m1/s1. The fourth-order valence-electron chi connectivity index (χ4n) is 12.2. The number of hydrogen-bond acceptors (Lipinski definition) is 10. The second kappa shape index (κ2) is 13.4. The number of rotatable bonds is 13. The van der Waals surface area contributed by atoms with Crippen LogP contribution in [-0.2, 0) is 14.3 Å². The van der Waals surface area contributed by atoms with Crippen LogP contribution in [0.4, 0.5) is 0 Å². The molecule has 10 nitrogen and oxygen atoms in total. The molecule has 7 N–H and O–H groups in total. The number of unbranched alkanes of at least 4 members (excludes halogenated alkanes) is 2. The van der Waals surface area contributed by atoms with E-state index in [1.807, 2.05) is 14.0 Å². The van der Waals surface area contributed by atoms with Crippen molar-refractivity contribution in [1.29, 1.82) is 0 Å². The van der Waals surface area contributed by atoms with Crippen LogP contribution in [0, 0.1) is 46.3 Å². The fraction of sp³-hybridized carbons (Fsp3) is 0.846. The third-order valence-corrected chi connectivity index (χ3v) is 14.5. The van der Waals surface area contributed by atoms with Crippen LogP contribution >= 0.6 is 0 Å². The molecule has 0 aromatic rings. The number of aliphatic hydroxyl groups is 5. The molecule has 0 spiro atoms. The van der Waals surface area contributed by atoms with Gasteiger partial charge in [0.15, 0.2) is 0 Å². The number of nitrogens with one attached hydrogen (secondary N) is 2. The van der Waals surface area contributed by atoms with E-state index < -0.39 is 63.8 Å². The van der Waals surface area contributed by atoms with Gasteiger partial charge in [-0.15, -0.1) is 0 Å². The molecule has 0 aromatic carbocycles. The monoisotopic (exact) mass is 686 g/mol. The van der Waals surface area contributed by atoms with E-state index in [4.69, 9.17) is 4.74 Å². The van der Waals surface area contributed by atoms with Crippen molar-refractivity contribution >= 4 is 12.3 Å². The molecule has 49 heavy (non-hydrogen) atoms. The lowest BCUT2D eigenvalue weighted by atomic mass is 9.36. The van der Waals surface area contributed by atoms with Crippen molar-refractivity contribution in [3.8, 4) is 0 Å². The van der Waals surface area contributed by atoms with Crippen molar-refractivity contribution in [3.63, 3.8) is 0 Å². The highest BCUT2D eigenvalue weighted by Gasteiger charge is 2.83. The molecule has 0 saturated heterocycles. The Balaban J connectivity index is 1.46. The summed E-state index contributed by atoms with van der Waals surface area (Å²) in [4.78, 5) is 26.6. The van der Waals surface area contributed by atoms with Gasteiger partial charge >= 0.3 is 5.97 Å². The van der Waals surface area contributed by atoms with Crippen molar-refractivity contribution in [2.75, 3.05) is 26.7 Å². The topological polar surface area (TPSA) is 169 Å². The Morgan fingerprint density at radius 1 is 1.08 bits per heavy atom. The normalized spacial score (nSPS) is 47.0. The summed E-state index contributed by atoms with van der Waals surface area (Å²) in [7, 11) is 1.89. The summed E-state index contributed by atoms with van der Waals surface area (Å²) < 4.78 is 5.85. The fourth-order valence-corrected chi connectivity index (χ4v) is 12.2. The quantitative estimate of drug-likeness (QED) is 0.0663. The van der Waals surface area contributed by atoms with Gasteiger partial charge in [-0.25, -0.2) is 4.79 Å². The maximum atomic E-state index is 13.8. The van der Waals surface area contributed by atoms with Crippen molar-refractivity contribution in [2.45, 2.75) is 133 Å². The maximum absolute atomic E-state index is 13.8. The lowest BCUT2D eigenvalue weighted by molar-refractivity contribution is -0.367. The predicted octanol–water partition coefficient (Wildman–Crippen LogP) is 2.80. The average Bonchev–Trinajstić information content (AvgIpc) is 3.54. The van der Waals surface area contributed by atoms with Gasteiger partial charge in [-0.3, -0.25) is 0 Å². The molecule has 276 valence electrons. The van der Waals surface area contributed by atoms with Gasteiger partial charge in [0, 0.05) is 49.4 Å². The zero-order chi connectivity index (χ0) is 35.6. The molecule has 0 unspecified atom stereocenters. The number of fused-ring (bicyclic) bond motifs is 9. The smallest absolute Gasteiger partial charge is 0.331 e. The average molecular weight is 687 g/mol. The molecule has 1 aliphatic heterocycles. The minimum absolute atomic E-state index is 0.0451. The van der Waals surface area contributed by atoms with E-state index in [0.29, 0.717) is 38.6 Å². The molecule has 0 radical (unpaired) electrons. The number of aldehydes is 1. The van der Waals surface area contributed by atoms with Gasteiger partial charge in [-0.05, 0) is 80.4 Å². The van der Waals surface area contributed by atoms with Gasteiger partial charge in [-0.2, -0.15) is 0 Å². The van der Waals surface area contributed by atoms with E-state index in [9.17, 15) is 35.1 Å². The molecular formula is C39H62N2O8. The lowest BCUT2D eigenvalue weighted by Gasteiger charge is -2.72. The first-order valence-electron chi connectivity index (χ1n) is 19.2. The van der Waals surface area contributed by atoms with Gasteiger partial charge in [-0.1, -0.05) is 59.5 Å². The molecule has 5 aliphatic carbocycles. The second-order valence-corrected chi connectivity index (χ2v) is 17.4. The SMILES string of the molecule is CCCCC[C@@H]1C[C@]2(C=O)[C@H]3CC[C@]4(C)[C@H]5C6=CC(=O)O[C@@H]6C(CNCCNC)=C[C@@H]5C[C@]4(O)[C@]3(O)[C@@H](O)[C@H](CCC(C)C)[C@]2(O)C[C@H]1O. The van der Waals surface area contributed by atoms with Crippen LogP contribution < -0.4 is 10.6 Å². The Morgan fingerprint density at radius 3 is 2.51 bits per heavy atom. The van der Waals surface area contributed by atoms with Crippen LogP contribution in [0.25, 0.3) is 0 Å². The number of aliphatic hydroxyl groups excluding tert-OH is 2. The van der Waals surface area contributed by atoms with Crippen molar-refractivity contribution in [2.24, 2.45) is 46.3 Å². The Hall–Kier alpha value is -1.66. The van der Waals surface area contributed by atoms with Gasteiger partial charge in [0.2, 0.25) is 0 Å².